The molecule has 0 spiro atoms. The van der Waals surface area contributed by atoms with Gasteiger partial charge in [0.15, 0.2) is 5.82 Å². The average Bonchev–Trinajstić information content (AvgIpc) is 2.43. The highest BCUT2D eigenvalue weighted by atomic mass is 19.1. The summed E-state index contributed by atoms with van der Waals surface area (Å²) < 4.78 is 26.9. The number of pyridine rings is 1. The van der Waals surface area contributed by atoms with Gasteiger partial charge in [-0.25, -0.2) is 8.78 Å². The molecule has 2 aromatic rings. The molecule has 3 nitrogen and oxygen atoms in total. The normalized spacial score (nSPS) is 14.2. The van der Waals surface area contributed by atoms with Crippen LogP contribution in [0.1, 0.15) is 20.3 Å². The second-order valence-corrected chi connectivity index (χ2v) is 4.98. The first-order valence-corrected chi connectivity index (χ1v) is 6.68. The number of nitrogens with one attached hydrogen (secondary N) is 1. The maximum atomic E-state index is 13.6. The Morgan fingerprint density at radius 2 is 2.10 bits per heavy atom. The van der Waals surface area contributed by atoms with E-state index in [-0.39, 0.29) is 11.4 Å². The van der Waals surface area contributed by atoms with Gasteiger partial charge < -0.3 is 10.4 Å². The minimum absolute atomic E-state index is 0.120. The molecule has 0 aliphatic heterocycles. The molecule has 1 heterocycles. The van der Waals surface area contributed by atoms with Crippen molar-refractivity contribution in [1.82, 2.24) is 4.98 Å². The van der Waals surface area contributed by atoms with Crippen molar-refractivity contribution in [2.75, 3.05) is 11.9 Å². The lowest BCUT2D eigenvalue weighted by atomic mass is 10.0. The topological polar surface area (TPSA) is 45.1 Å². The van der Waals surface area contributed by atoms with Gasteiger partial charge in [-0.15, -0.1) is 0 Å². The Morgan fingerprint density at radius 1 is 1.35 bits per heavy atom. The summed E-state index contributed by atoms with van der Waals surface area (Å²) in [5.74, 6) is -1.18. The summed E-state index contributed by atoms with van der Waals surface area (Å²) in [5, 5.41) is 13.3. The third-order valence-electron chi connectivity index (χ3n) is 3.57. The summed E-state index contributed by atoms with van der Waals surface area (Å²) in [6, 6.07) is 3.70. The van der Waals surface area contributed by atoms with Gasteiger partial charge in [-0.2, -0.15) is 0 Å². The van der Waals surface area contributed by atoms with Crippen LogP contribution in [0.5, 0.6) is 0 Å². The van der Waals surface area contributed by atoms with Crippen molar-refractivity contribution in [2.45, 2.75) is 26.4 Å². The number of anilines is 1. The van der Waals surface area contributed by atoms with E-state index in [1.54, 1.807) is 6.07 Å². The average molecular weight is 280 g/mol. The van der Waals surface area contributed by atoms with Gasteiger partial charge in [0.1, 0.15) is 11.3 Å². The van der Waals surface area contributed by atoms with E-state index in [1.807, 2.05) is 13.8 Å². The fourth-order valence-electron chi connectivity index (χ4n) is 2.02. The molecule has 2 N–H and O–H groups in total. The smallest absolute Gasteiger partial charge is 0.152 e. The van der Waals surface area contributed by atoms with Crippen LogP contribution in [0.3, 0.4) is 0 Å². The Labute approximate surface area is 116 Å². The Bertz CT molecular complexity index is 604. The molecule has 0 radical (unpaired) electrons. The number of fused-ring (bicyclic) bond motifs is 1. The van der Waals surface area contributed by atoms with E-state index in [1.165, 1.54) is 12.3 Å². The molecule has 0 aliphatic rings. The molecule has 2 atom stereocenters. The molecule has 2 unspecified atom stereocenters. The number of rotatable bonds is 5. The van der Waals surface area contributed by atoms with E-state index in [4.69, 9.17) is 0 Å². The minimum Gasteiger partial charge on any atom is -0.391 e. The van der Waals surface area contributed by atoms with Crippen LogP contribution in [-0.4, -0.2) is 22.7 Å². The summed E-state index contributed by atoms with van der Waals surface area (Å²) in [6.45, 7) is 4.28. The molecule has 5 heteroatoms. The van der Waals surface area contributed by atoms with Crippen LogP contribution in [0.4, 0.5) is 14.5 Å². The summed E-state index contributed by atoms with van der Waals surface area (Å²) in [4.78, 5) is 3.92. The van der Waals surface area contributed by atoms with Crippen LogP contribution in [0.2, 0.25) is 0 Å². The SMILES string of the molecule is CCC(C)C(O)CNc1ccnc2c(F)cc(F)cc12. The van der Waals surface area contributed by atoms with E-state index < -0.39 is 17.7 Å². The standard InChI is InChI=1S/C15H18F2N2O/c1-3-9(2)14(20)8-19-13-4-5-18-15-11(13)6-10(16)7-12(15)17/h4-7,9,14,20H,3,8H2,1-2H3,(H,18,19). The van der Waals surface area contributed by atoms with Crippen molar-refractivity contribution in [3.05, 3.63) is 36.0 Å². The van der Waals surface area contributed by atoms with Crippen LogP contribution in [-0.2, 0) is 0 Å². The zero-order valence-corrected chi connectivity index (χ0v) is 11.5. The zero-order valence-electron chi connectivity index (χ0n) is 11.5. The van der Waals surface area contributed by atoms with Crippen molar-refractivity contribution in [2.24, 2.45) is 5.92 Å². The van der Waals surface area contributed by atoms with Crippen LogP contribution in [0.15, 0.2) is 24.4 Å². The van der Waals surface area contributed by atoms with Gasteiger partial charge in [0, 0.05) is 29.9 Å². The van der Waals surface area contributed by atoms with E-state index in [2.05, 4.69) is 10.3 Å². The molecule has 0 saturated heterocycles. The summed E-state index contributed by atoms with van der Waals surface area (Å²) in [5.41, 5.74) is 0.685. The predicted molar refractivity (Wildman–Crippen MR) is 75.6 cm³/mol. The summed E-state index contributed by atoms with van der Waals surface area (Å²) in [7, 11) is 0. The summed E-state index contributed by atoms with van der Waals surface area (Å²) >= 11 is 0. The maximum Gasteiger partial charge on any atom is 0.152 e. The number of aliphatic hydroxyl groups excluding tert-OH is 1. The number of benzene rings is 1. The first-order chi connectivity index (χ1) is 9.52. The molecule has 0 aliphatic carbocycles. The van der Waals surface area contributed by atoms with E-state index in [9.17, 15) is 13.9 Å². The summed E-state index contributed by atoms with van der Waals surface area (Å²) in [6.07, 6.45) is 1.81. The Morgan fingerprint density at radius 3 is 2.80 bits per heavy atom. The van der Waals surface area contributed by atoms with Gasteiger partial charge in [-0.05, 0) is 18.1 Å². The molecule has 108 valence electrons. The molecule has 0 amide bonds. The van der Waals surface area contributed by atoms with Gasteiger partial charge in [0.05, 0.1) is 6.10 Å². The largest absolute Gasteiger partial charge is 0.391 e. The zero-order chi connectivity index (χ0) is 14.7. The first-order valence-electron chi connectivity index (χ1n) is 6.68. The Balaban J connectivity index is 2.26. The first kappa shape index (κ1) is 14.7. The van der Waals surface area contributed by atoms with Crippen molar-refractivity contribution < 1.29 is 13.9 Å². The van der Waals surface area contributed by atoms with Crippen LogP contribution in [0.25, 0.3) is 10.9 Å². The van der Waals surface area contributed by atoms with Gasteiger partial charge in [-0.1, -0.05) is 20.3 Å². The van der Waals surface area contributed by atoms with Crippen LogP contribution < -0.4 is 5.32 Å². The molecule has 0 saturated carbocycles. The fraction of sp³-hybridized carbons (Fsp3) is 0.400. The molecule has 2 rings (SSSR count). The molecule has 0 fully saturated rings. The lowest BCUT2D eigenvalue weighted by Gasteiger charge is -2.19. The van der Waals surface area contributed by atoms with Crippen molar-refractivity contribution >= 4 is 16.6 Å². The third kappa shape index (κ3) is 3.04. The van der Waals surface area contributed by atoms with E-state index in [0.717, 1.165) is 12.5 Å². The Kier molecular flexibility index (Phi) is 4.49. The lowest BCUT2D eigenvalue weighted by molar-refractivity contribution is 0.126. The molecule has 1 aromatic heterocycles. The molecular formula is C15H18F2N2O. The fourth-order valence-corrected chi connectivity index (χ4v) is 2.02. The second-order valence-electron chi connectivity index (χ2n) is 4.98. The van der Waals surface area contributed by atoms with Crippen LogP contribution >= 0.6 is 0 Å². The van der Waals surface area contributed by atoms with Crippen molar-refractivity contribution in [3.8, 4) is 0 Å². The number of nitrogens with zero attached hydrogens (tertiary/aromatic N) is 1. The predicted octanol–water partition coefficient (Wildman–Crippen LogP) is 3.33. The van der Waals surface area contributed by atoms with Gasteiger partial charge in [0.25, 0.3) is 0 Å². The number of aromatic nitrogens is 1. The lowest BCUT2D eigenvalue weighted by Crippen LogP contribution is -2.26. The minimum atomic E-state index is -0.689. The third-order valence-corrected chi connectivity index (χ3v) is 3.57. The number of hydrogen-bond acceptors (Lipinski definition) is 3. The second kappa shape index (κ2) is 6.13. The highest BCUT2D eigenvalue weighted by Gasteiger charge is 2.13. The monoisotopic (exact) mass is 280 g/mol. The Hall–Kier alpha value is -1.75. The van der Waals surface area contributed by atoms with Gasteiger partial charge >= 0.3 is 0 Å². The molecule has 20 heavy (non-hydrogen) atoms. The quantitative estimate of drug-likeness (QED) is 0.883. The molecule has 1 aromatic carbocycles. The molecule has 0 bridgehead atoms. The van der Waals surface area contributed by atoms with Crippen molar-refractivity contribution in [3.63, 3.8) is 0 Å². The van der Waals surface area contributed by atoms with E-state index in [0.29, 0.717) is 17.6 Å². The van der Waals surface area contributed by atoms with Crippen molar-refractivity contribution in [1.29, 1.82) is 0 Å². The number of halogens is 2. The molecular weight excluding hydrogens is 262 g/mol. The number of hydrogen-bond donors (Lipinski definition) is 2. The van der Waals surface area contributed by atoms with Crippen LogP contribution in [0, 0.1) is 17.6 Å². The van der Waals surface area contributed by atoms with E-state index >= 15 is 0 Å². The maximum absolute atomic E-state index is 13.6. The van der Waals surface area contributed by atoms with Gasteiger partial charge in [0.2, 0.25) is 0 Å². The highest BCUT2D eigenvalue weighted by Crippen LogP contribution is 2.25. The number of aliphatic hydroxyl groups is 1. The van der Waals surface area contributed by atoms with Gasteiger partial charge in [-0.3, -0.25) is 4.98 Å². The highest BCUT2D eigenvalue weighted by molar-refractivity contribution is 5.91.